The fourth-order valence-corrected chi connectivity index (χ4v) is 3.46. The lowest BCUT2D eigenvalue weighted by Gasteiger charge is -2.37. The number of piperazine rings is 1. The van der Waals surface area contributed by atoms with Crippen LogP contribution < -0.4 is 15.0 Å². The Bertz CT molecular complexity index is 1080. The molecule has 33 heavy (non-hydrogen) atoms. The van der Waals surface area contributed by atoms with E-state index in [2.05, 4.69) is 11.4 Å². The highest BCUT2D eigenvalue weighted by atomic mass is 19.1. The number of carbonyl (C=O) groups excluding carboxylic acids is 2. The third kappa shape index (κ3) is 5.92. The predicted molar refractivity (Wildman–Crippen MR) is 122 cm³/mol. The number of methoxy groups -OCH3 is 1. The highest BCUT2D eigenvalue weighted by Gasteiger charge is 2.28. The maximum absolute atomic E-state index is 13.5. The van der Waals surface area contributed by atoms with Crippen LogP contribution in [-0.2, 0) is 4.74 Å². The Hall–Kier alpha value is -3.80. The first-order valence-electron chi connectivity index (χ1n) is 10.5. The van der Waals surface area contributed by atoms with E-state index in [0.717, 1.165) is 6.07 Å². The topological polar surface area (TPSA) is 94.9 Å². The number of carbonyl (C=O) groups is 2. The van der Waals surface area contributed by atoms with E-state index in [4.69, 9.17) is 9.47 Å². The zero-order valence-corrected chi connectivity index (χ0v) is 19.1. The summed E-state index contributed by atoms with van der Waals surface area (Å²) in [7, 11) is 1.49. The molecule has 0 unspecified atom stereocenters. The number of hydrogen-bond acceptors (Lipinski definition) is 6. The molecule has 1 fully saturated rings. The van der Waals surface area contributed by atoms with Gasteiger partial charge in [0.2, 0.25) is 0 Å². The monoisotopic (exact) mass is 454 g/mol. The summed E-state index contributed by atoms with van der Waals surface area (Å²) in [6, 6.07) is 10.7. The van der Waals surface area contributed by atoms with Crippen LogP contribution in [0.5, 0.6) is 5.75 Å². The van der Waals surface area contributed by atoms with Gasteiger partial charge in [0.25, 0.3) is 5.91 Å². The average molecular weight is 455 g/mol. The van der Waals surface area contributed by atoms with Crippen LogP contribution in [0.4, 0.5) is 20.6 Å². The lowest BCUT2D eigenvalue weighted by molar-refractivity contribution is 0.0240. The molecule has 0 bridgehead atoms. The van der Waals surface area contributed by atoms with Crippen molar-refractivity contribution >= 4 is 23.4 Å². The molecule has 0 radical (unpaired) electrons. The van der Waals surface area contributed by atoms with Crippen LogP contribution >= 0.6 is 0 Å². The third-order valence-corrected chi connectivity index (χ3v) is 5.05. The van der Waals surface area contributed by atoms with Crippen LogP contribution in [0.15, 0.2) is 36.4 Å². The summed E-state index contributed by atoms with van der Waals surface area (Å²) in [6.07, 6.45) is -0.378. The molecule has 0 spiro atoms. The number of nitrogens with zero attached hydrogens (tertiary/aromatic N) is 3. The van der Waals surface area contributed by atoms with Crippen molar-refractivity contribution in [2.45, 2.75) is 26.4 Å². The Morgan fingerprint density at radius 1 is 1.12 bits per heavy atom. The third-order valence-electron chi connectivity index (χ3n) is 5.05. The fourth-order valence-electron chi connectivity index (χ4n) is 3.46. The number of rotatable bonds is 4. The van der Waals surface area contributed by atoms with Crippen LogP contribution in [0.25, 0.3) is 0 Å². The van der Waals surface area contributed by atoms with Gasteiger partial charge in [-0.2, -0.15) is 5.26 Å². The van der Waals surface area contributed by atoms with Crippen molar-refractivity contribution in [2.75, 3.05) is 43.5 Å². The SMILES string of the molecule is COc1cc(NC(=O)c2cccc(F)c2)c(C#N)c(N2CCN(C(=O)OC(C)(C)C)CC2)c1. The first-order valence-corrected chi connectivity index (χ1v) is 10.5. The van der Waals surface area contributed by atoms with Gasteiger partial charge in [-0.3, -0.25) is 4.79 Å². The number of ether oxygens (including phenoxy) is 2. The van der Waals surface area contributed by atoms with Gasteiger partial charge in [0.1, 0.15) is 23.2 Å². The summed E-state index contributed by atoms with van der Waals surface area (Å²) in [4.78, 5) is 28.6. The van der Waals surface area contributed by atoms with Crippen LogP contribution in [0, 0.1) is 17.1 Å². The van der Waals surface area contributed by atoms with Crippen LogP contribution in [0.1, 0.15) is 36.7 Å². The highest BCUT2D eigenvalue weighted by Crippen LogP contribution is 2.34. The normalized spacial score (nSPS) is 13.8. The number of hydrogen-bond donors (Lipinski definition) is 1. The number of halogens is 1. The molecule has 9 heteroatoms. The number of nitriles is 1. The molecule has 3 rings (SSSR count). The summed E-state index contributed by atoms with van der Waals surface area (Å²) in [5.74, 6) is -0.620. The molecule has 0 aliphatic carbocycles. The summed E-state index contributed by atoms with van der Waals surface area (Å²) in [5.41, 5.74) is 0.649. The van der Waals surface area contributed by atoms with E-state index in [1.807, 2.05) is 25.7 Å². The molecule has 0 saturated carbocycles. The fraction of sp³-hybridized carbons (Fsp3) is 0.375. The van der Waals surface area contributed by atoms with Crippen molar-refractivity contribution in [1.29, 1.82) is 5.26 Å². The molecular weight excluding hydrogens is 427 g/mol. The standard InChI is InChI=1S/C24H27FN4O4/c1-24(2,3)33-23(31)29-10-8-28(9-11-29)21-14-18(32-4)13-20(19(21)15-26)27-22(30)16-6-5-7-17(25)12-16/h5-7,12-14H,8-11H2,1-4H3,(H,27,30). The highest BCUT2D eigenvalue weighted by molar-refractivity contribution is 6.05. The van der Waals surface area contributed by atoms with Crippen LogP contribution in [0.2, 0.25) is 0 Å². The van der Waals surface area contributed by atoms with Crippen molar-refractivity contribution in [2.24, 2.45) is 0 Å². The van der Waals surface area contributed by atoms with Crippen molar-refractivity contribution in [1.82, 2.24) is 4.90 Å². The van der Waals surface area contributed by atoms with Crippen LogP contribution in [0.3, 0.4) is 0 Å². The van der Waals surface area contributed by atoms with Gasteiger partial charge in [-0.15, -0.1) is 0 Å². The largest absolute Gasteiger partial charge is 0.497 e. The zero-order valence-electron chi connectivity index (χ0n) is 19.1. The Morgan fingerprint density at radius 2 is 1.82 bits per heavy atom. The van der Waals surface area contributed by atoms with E-state index in [1.165, 1.54) is 25.3 Å². The molecule has 8 nitrogen and oxygen atoms in total. The van der Waals surface area contributed by atoms with Crippen LogP contribution in [-0.4, -0.2) is 55.8 Å². The minimum Gasteiger partial charge on any atom is -0.497 e. The summed E-state index contributed by atoms with van der Waals surface area (Å²) in [5, 5.41) is 12.6. The van der Waals surface area contributed by atoms with E-state index in [-0.39, 0.29) is 22.9 Å². The molecule has 1 saturated heterocycles. The first kappa shape index (κ1) is 23.9. The maximum Gasteiger partial charge on any atom is 0.410 e. The molecule has 1 heterocycles. The quantitative estimate of drug-likeness (QED) is 0.750. The lowest BCUT2D eigenvalue weighted by atomic mass is 10.1. The average Bonchev–Trinajstić information content (AvgIpc) is 2.77. The summed E-state index contributed by atoms with van der Waals surface area (Å²) < 4.78 is 24.3. The molecule has 1 N–H and O–H groups in total. The molecule has 0 atom stereocenters. The van der Waals surface area contributed by atoms with Crippen molar-refractivity contribution in [3.05, 3.63) is 53.3 Å². The number of amides is 2. The smallest absolute Gasteiger partial charge is 0.410 e. The predicted octanol–water partition coefficient (Wildman–Crippen LogP) is 4.02. The second kappa shape index (κ2) is 9.77. The molecular formula is C24H27FN4O4. The summed E-state index contributed by atoms with van der Waals surface area (Å²) >= 11 is 0. The van der Waals surface area contributed by atoms with Gasteiger partial charge in [-0.25, -0.2) is 9.18 Å². The first-order chi connectivity index (χ1) is 15.6. The van der Waals surface area contributed by atoms with E-state index >= 15 is 0 Å². The summed E-state index contributed by atoms with van der Waals surface area (Å²) in [6.45, 7) is 7.23. The Morgan fingerprint density at radius 3 is 2.39 bits per heavy atom. The van der Waals surface area contributed by atoms with E-state index < -0.39 is 17.3 Å². The van der Waals surface area contributed by atoms with E-state index in [1.54, 1.807) is 17.0 Å². The number of benzene rings is 2. The number of anilines is 2. The van der Waals surface area contributed by atoms with Crippen molar-refractivity contribution in [3.63, 3.8) is 0 Å². The van der Waals surface area contributed by atoms with Gasteiger partial charge in [0.05, 0.1) is 24.0 Å². The minimum absolute atomic E-state index is 0.134. The second-order valence-corrected chi connectivity index (χ2v) is 8.60. The van der Waals surface area contributed by atoms with Crippen molar-refractivity contribution < 1.29 is 23.5 Å². The van der Waals surface area contributed by atoms with E-state index in [9.17, 15) is 19.2 Å². The van der Waals surface area contributed by atoms with Crippen molar-refractivity contribution in [3.8, 4) is 11.8 Å². The number of nitrogens with one attached hydrogen (secondary N) is 1. The molecule has 1 aliphatic heterocycles. The molecule has 2 aromatic carbocycles. The lowest BCUT2D eigenvalue weighted by Crippen LogP contribution is -2.50. The van der Waals surface area contributed by atoms with Gasteiger partial charge in [0.15, 0.2) is 0 Å². The van der Waals surface area contributed by atoms with Gasteiger partial charge < -0.3 is 24.6 Å². The minimum atomic E-state index is -0.580. The second-order valence-electron chi connectivity index (χ2n) is 8.60. The van der Waals surface area contributed by atoms with Gasteiger partial charge >= 0.3 is 6.09 Å². The van der Waals surface area contributed by atoms with Gasteiger partial charge in [0, 0.05) is 43.9 Å². The zero-order chi connectivity index (χ0) is 24.2. The van der Waals surface area contributed by atoms with Gasteiger partial charge in [-0.1, -0.05) is 6.07 Å². The molecule has 0 aromatic heterocycles. The molecule has 2 aromatic rings. The Kier molecular flexibility index (Phi) is 7.07. The van der Waals surface area contributed by atoms with Gasteiger partial charge in [-0.05, 0) is 39.0 Å². The molecule has 1 aliphatic rings. The molecule has 2 amide bonds. The van der Waals surface area contributed by atoms with E-state index in [0.29, 0.717) is 37.6 Å². The maximum atomic E-state index is 13.5. The molecule has 174 valence electrons. The Labute approximate surface area is 192 Å². The Balaban J connectivity index is 1.82.